The second kappa shape index (κ2) is 6.18. The fourth-order valence-corrected chi connectivity index (χ4v) is 2.60. The highest BCUT2D eigenvalue weighted by atomic mass is 35.5. The lowest BCUT2D eigenvalue weighted by atomic mass is 10.1. The van der Waals surface area contributed by atoms with E-state index in [-0.39, 0.29) is 6.61 Å². The number of nitrogens with zero attached hydrogens (tertiary/aromatic N) is 2. The number of hydrogen-bond acceptors (Lipinski definition) is 4. The van der Waals surface area contributed by atoms with Crippen molar-refractivity contribution in [2.75, 3.05) is 44.2 Å². The van der Waals surface area contributed by atoms with Crippen LogP contribution in [0.1, 0.15) is 10.4 Å². The Hall–Kier alpha value is -1.10. The van der Waals surface area contributed by atoms with E-state index in [2.05, 4.69) is 9.80 Å². The molecule has 0 aliphatic carbocycles. The van der Waals surface area contributed by atoms with Crippen molar-refractivity contribution in [2.24, 2.45) is 0 Å². The molecule has 1 aromatic carbocycles. The third-order valence-electron chi connectivity index (χ3n) is 3.25. The molecule has 18 heavy (non-hydrogen) atoms. The van der Waals surface area contributed by atoms with Gasteiger partial charge in [0.15, 0.2) is 6.29 Å². The zero-order valence-electron chi connectivity index (χ0n) is 10.2. The number of carbonyl (C=O) groups is 1. The number of para-hydroxylation sites is 1. The molecule has 0 unspecified atom stereocenters. The van der Waals surface area contributed by atoms with Crippen LogP contribution in [0.5, 0.6) is 0 Å². The highest BCUT2D eigenvalue weighted by Crippen LogP contribution is 2.29. The number of benzene rings is 1. The van der Waals surface area contributed by atoms with Gasteiger partial charge in [-0.05, 0) is 12.1 Å². The Balaban J connectivity index is 2.12. The third-order valence-corrected chi connectivity index (χ3v) is 3.55. The molecule has 4 nitrogen and oxygen atoms in total. The summed E-state index contributed by atoms with van der Waals surface area (Å²) in [6.07, 6.45) is 0.849. The van der Waals surface area contributed by atoms with Crippen LogP contribution in [0.4, 0.5) is 5.69 Å². The van der Waals surface area contributed by atoms with Gasteiger partial charge < -0.3 is 10.0 Å². The molecule has 0 amide bonds. The summed E-state index contributed by atoms with van der Waals surface area (Å²) in [6, 6.07) is 5.38. The second-order valence-corrected chi connectivity index (χ2v) is 4.76. The first kappa shape index (κ1) is 13.3. The van der Waals surface area contributed by atoms with Gasteiger partial charge in [0.05, 0.1) is 17.3 Å². The summed E-state index contributed by atoms with van der Waals surface area (Å²) in [5.41, 5.74) is 1.47. The van der Waals surface area contributed by atoms with E-state index in [0.29, 0.717) is 17.1 Å². The fourth-order valence-electron chi connectivity index (χ4n) is 2.30. The number of aliphatic hydroxyl groups excluding tert-OH is 1. The van der Waals surface area contributed by atoms with E-state index in [4.69, 9.17) is 16.7 Å². The summed E-state index contributed by atoms with van der Waals surface area (Å²) in [4.78, 5) is 15.4. The van der Waals surface area contributed by atoms with Gasteiger partial charge in [0.2, 0.25) is 0 Å². The van der Waals surface area contributed by atoms with E-state index in [0.717, 1.165) is 38.2 Å². The molecule has 0 radical (unpaired) electrons. The van der Waals surface area contributed by atoms with Gasteiger partial charge in [-0.25, -0.2) is 0 Å². The number of piperazine rings is 1. The number of halogens is 1. The fraction of sp³-hybridized carbons (Fsp3) is 0.462. The maximum Gasteiger partial charge on any atom is 0.152 e. The smallest absolute Gasteiger partial charge is 0.152 e. The van der Waals surface area contributed by atoms with E-state index in [9.17, 15) is 4.79 Å². The van der Waals surface area contributed by atoms with Gasteiger partial charge in [-0.15, -0.1) is 0 Å². The Morgan fingerprint density at radius 3 is 2.61 bits per heavy atom. The SMILES string of the molecule is O=Cc1cccc(Cl)c1N1CCN(CCO)CC1. The van der Waals surface area contributed by atoms with Crippen molar-refractivity contribution in [2.45, 2.75) is 0 Å². The van der Waals surface area contributed by atoms with Crippen LogP contribution in [0.3, 0.4) is 0 Å². The van der Waals surface area contributed by atoms with Crippen molar-refractivity contribution < 1.29 is 9.90 Å². The number of β-amino-alcohol motifs (C(OH)–C–C–N with tert-alkyl or cyclic N) is 1. The molecule has 1 fully saturated rings. The van der Waals surface area contributed by atoms with Crippen LogP contribution in [-0.2, 0) is 0 Å². The first-order valence-corrected chi connectivity index (χ1v) is 6.46. The molecular weight excluding hydrogens is 252 g/mol. The van der Waals surface area contributed by atoms with E-state index in [1.807, 2.05) is 6.07 Å². The molecule has 0 atom stereocenters. The number of carbonyl (C=O) groups excluding carboxylic acids is 1. The molecule has 0 aromatic heterocycles. The van der Waals surface area contributed by atoms with Crippen molar-refractivity contribution >= 4 is 23.6 Å². The van der Waals surface area contributed by atoms with Gasteiger partial charge in [-0.1, -0.05) is 17.7 Å². The molecule has 1 aliphatic heterocycles. The number of aldehydes is 1. The molecular formula is C13H17ClN2O2. The molecule has 0 saturated carbocycles. The molecule has 1 N–H and O–H groups in total. The minimum absolute atomic E-state index is 0.186. The lowest BCUT2D eigenvalue weighted by Gasteiger charge is -2.36. The van der Waals surface area contributed by atoms with Crippen LogP contribution in [0.2, 0.25) is 5.02 Å². The van der Waals surface area contributed by atoms with Crippen molar-refractivity contribution in [3.8, 4) is 0 Å². The third kappa shape index (κ3) is 2.83. The highest BCUT2D eigenvalue weighted by molar-refractivity contribution is 6.33. The quantitative estimate of drug-likeness (QED) is 0.836. The van der Waals surface area contributed by atoms with E-state index in [1.165, 1.54) is 0 Å². The minimum atomic E-state index is 0.186. The lowest BCUT2D eigenvalue weighted by molar-refractivity contribution is 0.112. The van der Waals surface area contributed by atoms with Gasteiger partial charge in [0, 0.05) is 38.3 Å². The number of hydrogen-bond donors (Lipinski definition) is 1. The maximum atomic E-state index is 11.1. The number of aliphatic hydroxyl groups is 1. The largest absolute Gasteiger partial charge is 0.395 e. The topological polar surface area (TPSA) is 43.8 Å². The Morgan fingerprint density at radius 1 is 1.28 bits per heavy atom. The van der Waals surface area contributed by atoms with Gasteiger partial charge >= 0.3 is 0 Å². The standard InChI is InChI=1S/C13H17ClN2O2/c14-12-3-1-2-11(10-18)13(12)16-6-4-15(5-7-16)8-9-17/h1-3,10,17H,4-9H2. The van der Waals surface area contributed by atoms with Crippen molar-refractivity contribution in [3.05, 3.63) is 28.8 Å². The van der Waals surface area contributed by atoms with Crippen LogP contribution in [0.15, 0.2) is 18.2 Å². The summed E-state index contributed by atoms with van der Waals surface area (Å²) in [5.74, 6) is 0. The Kier molecular flexibility index (Phi) is 4.58. The predicted octanol–water partition coefficient (Wildman–Crippen LogP) is 1.27. The van der Waals surface area contributed by atoms with Crippen LogP contribution in [-0.4, -0.2) is 55.6 Å². The molecule has 1 saturated heterocycles. The number of anilines is 1. The first-order chi connectivity index (χ1) is 8.76. The van der Waals surface area contributed by atoms with E-state index >= 15 is 0 Å². The van der Waals surface area contributed by atoms with E-state index < -0.39 is 0 Å². The Bertz CT molecular complexity index is 417. The van der Waals surface area contributed by atoms with Gasteiger partial charge in [0.25, 0.3) is 0 Å². The van der Waals surface area contributed by atoms with E-state index in [1.54, 1.807) is 12.1 Å². The Morgan fingerprint density at radius 2 is 2.00 bits per heavy atom. The zero-order chi connectivity index (χ0) is 13.0. The lowest BCUT2D eigenvalue weighted by Crippen LogP contribution is -2.47. The van der Waals surface area contributed by atoms with Crippen LogP contribution >= 0.6 is 11.6 Å². The average molecular weight is 269 g/mol. The summed E-state index contributed by atoms with van der Waals surface area (Å²) in [7, 11) is 0. The van der Waals surface area contributed by atoms with Crippen molar-refractivity contribution in [1.29, 1.82) is 0 Å². The van der Waals surface area contributed by atoms with Crippen LogP contribution in [0, 0.1) is 0 Å². The second-order valence-electron chi connectivity index (χ2n) is 4.35. The average Bonchev–Trinajstić information content (AvgIpc) is 2.40. The molecule has 5 heteroatoms. The number of rotatable bonds is 4. The zero-order valence-corrected chi connectivity index (χ0v) is 10.9. The van der Waals surface area contributed by atoms with Gasteiger partial charge in [-0.3, -0.25) is 9.69 Å². The highest BCUT2D eigenvalue weighted by Gasteiger charge is 2.20. The maximum absolute atomic E-state index is 11.1. The molecule has 98 valence electrons. The van der Waals surface area contributed by atoms with Crippen molar-refractivity contribution in [1.82, 2.24) is 4.90 Å². The van der Waals surface area contributed by atoms with Crippen LogP contribution in [0.25, 0.3) is 0 Å². The van der Waals surface area contributed by atoms with Crippen LogP contribution < -0.4 is 4.90 Å². The molecule has 1 heterocycles. The predicted molar refractivity (Wildman–Crippen MR) is 72.6 cm³/mol. The van der Waals surface area contributed by atoms with Crippen molar-refractivity contribution in [3.63, 3.8) is 0 Å². The Labute approximate surface area is 112 Å². The summed E-state index contributed by atoms with van der Waals surface area (Å²) in [5, 5.41) is 9.53. The molecule has 1 aliphatic rings. The summed E-state index contributed by atoms with van der Waals surface area (Å²) >= 11 is 6.18. The summed E-state index contributed by atoms with van der Waals surface area (Å²) < 4.78 is 0. The normalized spacial score (nSPS) is 16.9. The van der Waals surface area contributed by atoms with Gasteiger partial charge in [-0.2, -0.15) is 0 Å². The molecule has 0 bridgehead atoms. The summed E-state index contributed by atoms with van der Waals surface area (Å²) in [6.45, 7) is 4.30. The molecule has 1 aromatic rings. The minimum Gasteiger partial charge on any atom is -0.395 e. The molecule has 2 rings (SSSR count). The van der Waals surface area contributed by atoms with Gasteiger partial charge in [0.1, 0.15) is 0 Å². The molecule has 0 spiro atoms. The monoisotopic (exact) mass is 268 g/mol. The first-order valence-electron chi connectivity index (χ1n) is 6.08.